The summed E-state index contributed by atoms with van der Waals surface area (Å²) in [5.74, 6) is -2.78. The lowest BCUT2D eigenvalue weighted by molar-refractivity contribution is -0.146. The molecule has 109 heavy (non-hydrogen) atoms. The second-order valence-corrected chi connectivity index (χ2v) is 32.1. The summed E-state index contributed by atoms with van der Waals surface area (Å²) in [5, 5.41) is 19.6. The Balaban J connectivity index is 0.000000412. The van der Waals surface area contributed by atoms with E-state index in [0.29, 0.717) is 61.6 Å². The Kier molecular flexibility index (Phi) is 43.8. The first-order valence-electron chi connectivity index (χ1n) is 39.5. The number of esters is 2. The van der Waals surface area contributed by atoms with Crippen molar-refractivity contribution in [3.05, 3.63) is 104 Å². The summed E-state index contributed by atoms with van der Waals surface area (Å²) < 4.78 is 32.8. The molecule has 2 aliphatic heterocycles. The van der Waals surface area contributed by atoms with E-state index in [0.717, 1.165) is 88.4 Å². The number of nitrogens with one attached hydrogen (secondary N) is 2. The van der Waals surface area contributed by atoms with Gasteiger partial charge in [0.25, 0.3) is 11.8 Å². The first-order chi connectivity index (χ1) is 52.0. The van der Waals surface area contributed by atoms with Crippen molar-refractivity contribution in [2.24, 2.45) is 47.2 Å². The number of rotatable bonds is 44. The van der Waals surface area contributed by atoms with Crippen LogP contribution in [0.4, 0.5) is 0 Å². The number of ketones is 1. The average molecular weight is 1560 g/mol. The monoisotopic (exact) mass is 1560 g/mol. The van der Waals surface area contributed by atoms with Crippen LogP contribution in [0.2, 0.25) is 0 Å². The standard InChI is InChI=1S/C42H66N4O7S.C34H54N4O6S.C7H13NO2/c1-10-20-46(41(49)33(29(5)11-2)24-37(47)35-19-15-16-21-45(35)7)36(28(3)4)25-38(53-27-51-8)40-44-34(26-54-40)39(48)43-32(22-30(6)42(50)52-9)23-31-17-13-12-14-18-31;1-9-16-38(33(40)30(35)23(5)10-2)28(22(3)4)19-29(44-21-42-7)32-37-27(20-45-32)31(39)36-26(17-24(6)34(41)43-8)18-25-14-12-11-13-15-25;1-8-5-3-2-4-6(8)7(9)10/h12-14,17-18,26,28-30,32-33,35-36,38H,10-11,15-16,19-25,27H2,1-9H3,(H,43,48);11-15,20,22-24,26,28-30H,9-10,16-19,21,35H2,1-8H3,(H,36,39);6H,2-5H2,1H3,(H,9,10)/t29?,30-,32+,33-,35?,36+,38+;23?,24-,26+,28+,29+,30-;/m00./s1. The SMILES string of the molecule is CCCN(C(=O)[C@@H](CC(=O)C1CCCCN1C)C(C)CC)[C@H](C[C@@H](OCOC)c1nc(C(=O)N[C@@H](Cc2ccccc2)C[C@H](C)C(=O)OC)cs1)C(C)C.CCCN(C(=O)[C@@H](N)C(C)CC)[C@H](C[C@@H](OCOC)c1nc(C(=O)N[C@@H](Cc2ccccc2)C[C@H](C)C(=O)OC)cs1)C(C)C.CN1CCCCC1C(=O)O. The van der Waals surface area contributed by atoms with Crippen molar-refractivity contribution in [3.63, 3.8) is 0 Å². The van der Waals surface area contributed by atoms with Gasteiger partial charge in [0.15, 0.2) is 5.78 Å². The molecule has 2 aliphatic rings. The number of Topliss-reactive ketones (excluding diaryl/α,β-unsaturated/α-hetero) is 1. The lowest BCUT2D eigenvalue weighted by atomic mass is 9.82. The fourth-order valence-corrected chi connectivity index (χ4v) is 16.0. The van der Waals surface area contributed by atoms with Gasteiger partial charge in [0.2, 0.25) is 11.8 Å². The number of carboxylic acid groups (broad SMARTS) is 1. The summed E-state index contributed by atoms with van der Waals surface area (Å²) in [7, 11) is 9.73. The maximum Gasteiger partial charge on any atom is 0.320 e. The summed E-state index contributed by atoms with van der Waals surface area (Å²) in [6.07, 6.45) is 11.2. The van der Waals surface area contributed by atoms with Gasteiger partial charge in [-0.3, -0.25) is 48.2 Å². The van der Waals surface area contributed by atoms with Crippen LogP contribution in [0.25, 0.3) is 0 Å². The molecular weight excluding hydrogens is 1430 g/mol. The van der Waals surface area contributed by atoms with E-state index in [1.54, 1.807) is 38.8 Å². The fraction of sp³-hybridized carbons (Fsp3) is 0.687. The van der Waals surface area contributed by atoms with E-state index in [9.17, 15) is 38.4 Å². The molecule has 4 heterocycles. The van der Waals surface area contributed by atoms with Gasteiger partial charge >= 0.3 is 17.9 Å². The highest BCUT2D eigenvalue weighted by atomic mass is 32.1. The van der Waals surface area contributed by atoms with Crippen molar-refractivity contribution in [1.82, 2.24) is 40.2 Å². The highest BCUT2D eigenvalue weighted by Gasteiger charge is 2.40. The minimum absolute atomic E-state index is 0.0157. The molecule has 0 radical (unpaired) electrons. The second-order valence-electron chi connectivity index (χ2n) is 30.4. The minimum Gasteiger partial charge on any atom is -0.480 e. The normalized spacial score (nSPS) is 18.1. The summed E-state index contributed by atoms with van der Waals surface area (Å²) in [4.78, 5) is 122. The number of piperidine rings is 2. The van der Waals surface area contributed by atoms with Gasteiger partial charge in [-0.1, -0.05) is 169 Å². The third-order valence-corrected chi connectivity index (χ3v) is 23.1. The second kappa shape index (κ2) is 50.4. The Hall–Kier alpha value is -6.62. The van der Waals surface area contributed by atoms with Gasteiger partial charge in [-0.25, -0.2) is 9.97 Å². The number of amides is 4. The molecular formula is C83H133N9O15S2. The molecule has 14 atom stereocenters. The highest BCUT2D eigenvalue weighted by molar-refractivity contribution is 7.10. The van der Waals surface area contributed by atoms with E-state index in [1.165, 1.54) is 36.9 Å². The van der Waals surface area contributed by atoms with Crippen LogP contribution in [0.5, 0.6) is 0 Å². The zero-order chi connectivity index (χ0) is 80.9. The maximum absolute atomic E-state index is 14.7. The van der Waals surface area contributed by atoms with Crippen molar-refractivity contribution in [2.75, 3.05) is 82.3 Å². The number of aromatic nitrogens is 2. The molecule has 2 aromatic carbocycles. The smallest absolute Gasteiger partial charge is 0.320 e. The number of carbonyl (C=O) groups excluding carboxylic acids is 7. The summed E-state index contributed by atoms with van der Waals surface area (Å²) in [5.41, 5.74) is 9.04. The van der Waals surface area contributed by atoms with Crippen LogP contribution in [0, 0.1) is 41.4 Å². The molecule has 0 saturated carbocycles. The molecule has 2 saturated heterocycles. The molecule has 4 unspecified atom stereocenters. The number of thiazole rings is 2. The molecule has 0 bridgehead atoms. The number of nitrogens with zero attached hydrogens (tertiary/aromatic N) is 6. The average Bonchev–Trinajstić information content (AvgIpc) is 1.79. The number of hydrogen-bond acceptors (Lipinski definition) is 21. The van der Waals surface area contributed by atoms with E-state index in [1.807, 2.05) is 110 Å². The Morgan fingerprint density at radius 3 is 1.32 bits per heavy atom. The summed E-state index contributed by atoms with van der Waals surface area (Å²) in [6.45, 7) is 27.3. The fourth-order valence-electron chi connectivity index (χ4n) is 14.3. The molecule has 2 aromatic heterocycles. The van der Waals surface area contributed by atoms with Crippen molar-refractivity contribution in [2.45, 2.75) is 247 Å². The van der Waals surface area contributed by atoms with Gasteiger partial charge in [-0.15, -0.1) is 22.7 Å². The summed E-state index contributed by atoms with van der Waals surface area (Å²) >= 11 is 2.67. The van der Waals surface area contributed by atoms with E-state index in [-0.39, 0.29) is 133 Å². The van der Waals surface area contributed by atoms with Crippen LogP contribution in [-0.4, -0.2) is 207 Å². The van der Waals surface area contributed by atoms with Crippen molar-refractivity contribution < 1.29 is 71.9 Å². The third kappa shape index (κ3) is 31.1. The Morgan fingerprint density at radius 1 is 0.569 bits per heavy atom. The third-order valence-electron chi connectivity index (χ3n) is 21.2. The molecule has 612 valence electrons. The summed E-state index contributed by atoms with van der Waals surface area (Å²) in [6, 6.07) is 17.7. The molecule has 0 aliphatic carbocycles. The van der Waals surface area contributed by atoms with Crippen LogP contribution in [0.1, 0.15) is 234 Å². The first kappa shape index (κ1) is 94.8. The number of ether oxygens (including phenoxy) is 6. The lowest BCUT2D eigenvalue weighted by Crippen LogP contribution is -2.53. The van der Waals surface area contributed by atoms with E-state index in [4.69, 9.17) is 49.2 Å². The molecule has 6 rings (SSSR count). The predicted octanol–water partition coefficient (Wildman–Crippen LogP) is 13.0. The van der Waals surface area contributed by atoms with Gasteiger partial charge in [-0.2, -0.15) is 0 Å². The topological polar surface area (TPSA) is 301 Å². The molecule has 2 fully saturated rings. The molecule has 26 heteroatoms. The van der Waals surface area contributed by atoms with E-state index < -0.39 is 42.0 Å². The number of likely N-dealkylation sites (tertiary alicyclic amines) is 2. The zero-order valence-electron chi connectivity index (χ0n) is 68.7. The predicted molar refractivity (Wildman–Crippen MR) is 429 cm³/mol. The number of hydrogen-bond donors (Lipinski definition) is 4. The largest absolute Gasteiger partial charge is 0.480 e. The van der Waals surface area contributed by atoms with Gasteiger partial charge in [-0.05, 0) is 126 Å². The lowest BCUT2D eigenvalue weighted by Gasteiger charge is -2.40. The maximum atomic E-state index is 14.7. The molecule has 0 spiro atoms. The van der Waals surface area contributed by atoms with Crippen LogP contribution in [-0.2, 0) is 70.0 Å². The van der Waals surface area contributed by atoms with Crippen LogP contribution < -0.4 is 16.4 Å². The highest BCUT2D eigenvalue weighted by Crippen LogP contribution is 2.36. The zero-order valence-corrected chi connectivity index (χ0v) is 70.3. The molecule has 24 nitrogen and oxygen atoms in total. The van der Waals surface area contributed by atoms with Crippen molar-refractivity contribution in [3.8, 4) is 0 Å². The van der Waals surface area contributed by atoms with Gasteiger partial charge < -0.3 is 59.7 Å². The quantitative estimate of drug-likeness (QED) is 0.0236. The van der Waals surface area contributed by atoms with Crippen LogP contribution in [0.15, 0.2) is 71.4 Å². The first-order valence-corrected chi connectivity index (χ1v) is 41.3. The van der Waals surface area contributed by atoms with Crippen molar-refractivity contribution >= 4 is 70.0 Å². The molecule has 4 amide bonds. The minimum atomic E-state index is -0.679. The van der Waals surface area contributed by atoms with Crippen LogP contribution >= 0.6 is 22.7 Å². The number of benzene rings is 2. The number of nitrogens with two attached hydrogens (primary N) is 1. The van der Waals surface area contributed by atoms with Gasteiger partial charge in [0.05, 0.1) is 38.1 Å². The van der Waals surface area contributed by atoms with Crippen molar-refractivity contribution in [1.29, 1.82) is 0 Å². The van der Waals surface area contributed by atoms with Gasteiger partial charge in [0, 0.05) is 87.4 Å². The number of carboxylic acids is 1. The Morgan fingerprint density at radius 2 is 0.972 bits per heavy atom. The van der Waals surface area contributed by atoms with E-state index >= 15 is 0 Å². The number of carbonyl (C=O) groups is 8. The number of methoxy groups -OCH3 is 4. The Labute approximate surface area is 658 Å². The van der Waals surface area contributed by atoms with E-state index in [2.05, 4.69) is 64.0 Å². The number of likely N-dealkylation sites (N-methyl/N-ethyl adjacent to an activating group) is 2. The molecule has 5 N–H and O–H groups in total. The molecule has 4 aromatic rings. The Bertz CT molecular complexity index is 3330. The van der Waals surface area contributed by atoms with Crippen LogP contribution in [0.3, 0.4) is 0 Å². The number of aliphatic carboxylic acids is 1. The van der Waals surface area contributed by atoms with Gasteiger partial charge in [0.1, 0.15) is 53.2 Å².